The predicted molar refractivity (Wildman–Crippen MR) is 117 cm³/mol. The van der Waals surface area contributed by atoms with Crippen molar-refractivity contribution in [2.24, 2.45) is 17.6 Å². The minimum absolute atomic E-state index is 0.0331. The number of amides is 1. The Morgan fingerprint density at radius 1 is 1.23 bits per heavy atom. The Kier molecular flexibility index (Phi) is 8.40. The van der Waals surface area contributed by atoms with Crippen LogP contribution in [0.3, 0.4) is 0 Å². The number of nitrogens with one attached hydrogen (secondary N) is 1. The maximum Gasteiger partial charge on any atom is 0.283 e. The number of hydrogen-bond acceptors (Lipinski definition) is 6. The Hall–Kier alpha value is -2.48. The van der Waals surface area contributed by atoms with Gasteiger partial charge in [0.25, 0.3) is 5.69 Å². The maximum absolute atomic E-state index is 12.1. The molecule has 0 bridgehead atoms. The lowest BCUT2D eigenvalue weighted by molar-refractivity contribution is -0.385. The highest BCUT2D eigenvalue weighted by molar-refractivity contribution is 5.81. The molecule has 1 saturated heterocycles. The van der Waals surface area contributed by atoms with Crippen LogP contribution in [0, 0.1) is 22.0 Å². The van der Waals surface area contributed by atoms with Gasteiger partial charge in [-0.1, -0.05) is 25.7 Å². The van der Waals surface area contributed by atoms with Crippen molar-refractivity contribution >= 4 is 17.9 Å². The molecule has 0 aromatic heterocycles. The molecule has 1 heterocycles. The number of nitro groups is 1. The molecule has 4 atom stereocenters. The summed E-state index contributed by atoms with van der Waals surface area (Å²) in [5.41, 5.74) is 5.51. The van der Waals surface area contributed by atoms with Gasteiger partial charge in [-0.2, -0.15) is 0 Å². The molecule has 4 unspecified atom stereocenters. The van der Waals surface area contributed by atoms with Crippen molar-refractivity contribution in [2.45, 2.75) is 76.3 Å². The van der Waals surface area contributed by atoms with Crippen molar-refractivity contribution in [3.05, 3.63) is 33.9 Å². The Morgan fingerprint density at radius 3 is 2.77 bits per heavy atom. The first-order chi connectivity index (χ1) is 15.0. The van der Waals surface area contributed by atoms with E-state index in [-0.39, 0.29) is 29.1 Å². The quantitative estimate of drug-likeness (QED) is 0.238. The van der Waals surface area contributed by atoms with Gasteiger partial charge in [-0.15, -0.1) is 0 Å². The molecule has 31 heavy (non-hydrogen) atoms. The number of rotatable bonds is 11. The van der Waals surface area contributed by atoms with Crippen LogP contribution in [0.2, 0.25) is 0 Å². The minimum Gasteiger partial charge on any atom is -0.493 e. The summed E-state index contributed by atoms with van der Waals surface area (Å²) in [6.45, 7) is 0.421. The molecule has 1 aromatic carbocycles. The molecule has 0 radical (unpaired) electrons. The van der Waals surface area contributed by atoms with E-state index in [0.29, 0.717) is 24.7 Å². The van der Waals surface area contributed by atoms with Gasteiger partial charge in [-0.05, 0) is 56.6 Å². The number of nitrogens with zero attached hydrogens (tertiary/aromatic N) is 1. The molecule has 8 heteroatoms. The SMILES string of the molecule is NC(=O)C(CCCCCOc1ccc(C=O)c([N+](=O)[O-])c1)C1CCC2CCCCC2N1. The summed E-state index contributed by atoms with van der Waals surface area (Å²) in [7, 11) is 0. The third-order valence-electron chi connectivity index (χ3n) is 6.79. The number of primary amides is 1. The van der Waals surface area contributed by atoms with Gasteiger partial charge in [0, 0.05) is 12.1 Å². The number of carbonyl (C=O) groups is 2. The summed E-state index contributed by atoms with van der Waals surface area (Å²) >= 11 is 0. The van der Waals surface area contributed by atoms with Crippen LogP contribution in [-0.2, 0) is 4.79 Å². The van der Waals surface area contributed by atoms with Crippen LogP contribution in [-0.4, -0.2) is 35.8 Å². The molecule has 1 amide bonds. The minimum atomic E-state index is -0.588. The summed E-state index contributed by atoms with van der Waals surface area (Å²) in [6, 6.07) is 4.96. The molecule has 0 spiro atoms. The second kappa shape index (κ2) is 11.2. The topological polar surface area (TPSA) is 125 Å². The van der Waals surface area contributed by atoms with Crippen LogP contribution in [0.1, 0.15) is 74.6 Å². The molecule has 1 aliphatic carbocycles. The molecular weight excluding hydrogens is 398 g/mol. The Bertz CT molecular complexity index is 784. The summed E-state index contributed by atoms with van der Waals surface area (Å²) in [6.07, 6.45) is 11.1. The number of hydrogen-bond donors (Lipinski definition) is 2. The van der Waals surface area contributed by atoms with E-state index in [2.05, 4.69) is 5.32 Å². The standard InChI is InChI=1S/C23H33N3O5/c24-23(28)19(21-12-10-16-6-3-4-8-20(16)25-21)7-2-1-5-13-31-18-11-9-17(15-27)22(14-18)26(29)30/h9,11,14-16,19-21,25H,1-8,10,12-13H2,(H2,24,28). The Labute approximate surface area is 183 Å². The summed E-state index contributed by atoms with van der Waals surface area (Å²) in [5, 5.41) is 14.8. The normalized spacial score (nSPS) is 24.1. The van der Waals surface area contributed by atoms with Crippen LogP contribution in [0.15, 0.2) is 18.2 Å². The third kappa shape index (κ3) is 6.26. The number of unbranched alkanes of at least 4 members (excludes halogenated alkanes) is 2. The molecule has 3 N–H and O–H groups in total. The number of nitrogens with two attached hydrogens (primary N) is 1. The number of benzene rings is 1. The van der Waals surface area contributed by atoms with Crippen molar-refractivity contribution in [3.8, 4) is 5.75 Å². The second-order valence-corrected chi connectivity index (χ2v) is 8.80. The zero-order chi connectivity index (χ0) is 22.2. The summed E-state index contributed by atoms with van der Waals surface area (Å²) < 4.78 is 5.60. The van der Waals surface area contributed by atoms with Gasteiger partial charge in [0.2, 0.25) is 5.91 Å². The first-order valence-corrected chi connectivity index (χ1v) is 11.4. The number of carbonyl (C=O) groups excluding carboxylic acids is 2. The van der Waals surface area contributed by atoms with Crippen molar-refractivity contribution in [2.75, 3.05) is 6.61 Å². The second-order valence-electron chi connectivity index (χ2n) is 8.80. The number of aldehydes is 1. The Balaban J connectivity index is 1.40. The molecule has 1 saturated carbocycles. The van der Waals surface area contributed by atoms with Crippen molar-refractivity contribution in [1.29, 1.82) is 0 Å². The number of fused-ring (bicyclic) bond motifs is 1. The van der Waals surface area contributed by atoms with Crippen LogP contribution >= 0.6 is 0 Å². The van der Waals surface area contributed by atoms with Crippen molar-refractivity contribution in [3.63, 3.8) is 0 Å². The van der Waals surface area contributed by atoms with E-state index in [4.69, 9.17) is 10.5 Å². The van der Waals surface area contributed by atoms with Crippen LogP contribution in [0.4, 0.5) is 5.69 Å². The fourth-order valence-electron chi connectivity index (χ4n) is 5.09. The molecule has 1 aliphatic heterocycles. The lowest BCUT2D eigenvalue weighted by atomic mass is 9.75. The zero-order valence-corrected chi connectivity index (χ0v) is 18.0. The summed E-state index contributed by atoms with van der Waals surface area (Å²) in [4.78, 5) is 33.4. The number of piperidine rings is 1. The molecule has 1 aromatic rings. The first kappa shape index (κ1) is 23.2. The van der Waals surface area contributed by atoms with E-state index >= 15 is 0 Å². The van der Waals surface area contributed by atoms with E-state index in [0.717, 1.165) is 38.0 Å². The van der Waals surface area contributed by atoms with E-state index in [1.165, 1.54) is 44.2 Å². The third-order valence-corrected chi connectivity index (χ3v) is 6.79. The van der Waals surface area contributed by atoms with Gasteiger partial charge in [-0.25, -0.2) is 0 Å². The van der Waals surface area contributed by atoms with Gasteiger partial charge in [0.15, 0.2) is 6.29 Å². The predicted octanol–water partition coefficient (Wildman–Crippen LogP) is 3.76. The summed E-state index contributed by atoms with van der Waals surface area (Å²) in [5.74, 6) is 0.778. The average Bonchev–Trinajstić information content (AvgIpc) is 2.77. The highest BCUT2D eigenvalue weighted by atomic mass is 16.6. The highest BCUT2D eigenvalue weighted by Crippen LogP contribution is 2.34. The van der Waals surface area contributed by atoms with E-state index in [9.17, 15) is 19.7 Å². The lowest BCUT2D eigenvalue weighted by Crippen LogP contribution is -2.54. The van der Waals surface area contributed by atoms with Gasteiger partial charge in [-0.3, -0.25) is 19.7 Å². The van der Waals surface area contributed by atoms with Crippen LogP contribution < -0.4 is 15.8 Å². The fourth-order valence-corrected chi connectivity index (χ4v) is 5.09. The molecule has 170 valence electrons. The maximum atomic E-state index is 12.1. The zero-order valence-electron chi connectivity index (χ0n) is 18.0. The monoisotopic (exact) mass is 431 g/mol. The van der Waals surface area contributed by atoms with E-state index in [1.54, 1.807) is 6.07 Å². The highest BCUT2D eigenvalue weighted by Gasteiger charge is 2.36. The molecule has 2 fully saturated rings. The van der Waals surface area contributed by atoms with Crippen LogP contribution in [0.25, 0.3) is 0 Å². The number of nitro benzene ring substituents is 1. The number of ether oxygens (including phenoxy) is 1. The molecule has 8 nitrogen and oxygen atoms in total. The van der Waals surface area contributed by atoms with E-state index in [1.807, 2.05) is 0 Å². The van der Waals surface area contributed by atoms with Gasteiger partial charge < -0.3 is 15.8 Å². The van der Waals surface area contributed by atoms with Gasteiger partial charge in [0.1, 0.15) is 5.75 Å². The Morgan fingerprint density at radius 2 is 2.03 bits per heavy atom. The fraction of sp³-hybridized carbons (Fsp3) is 0.652. The lowest BCUT2D eigenvalue weighted by Gasteiger charge is -2.42. The average molecular weight is 432 g/mol. The smallest absolute Gasteiger partial charge is 0.283 e. The molecular formula is C23H33N3O5. The molecule has 2 aliphatic rings. The first-order valence-electron chi connectivity index (χ1n) is 11.4. The van der Waals surface area contributed by atoms with Gasteiger partial charge >= 0.3 is 0 Å². The molecule has 3 rings (SSSR count). The van der Waals surface area contributed by atoms with Crippen molar-refractivity contribution in [1.82, 2.24) is 5.32 Å². The van der Waals surface area contributed by atoms with Crippen molar-refractivity contribution < 1.29 is 19.2 Å². The van der Waals surface area contributed by atoms with Gasteiger partial charge in [0.05, 0.1) is 29.1 Å². The largest absolute Gasteiger partial charge is 0.493 e. The van der Waals surface area contributed by atoms with Crippen LogP contribution in [0.5, 0.6) is 5.75 Å². The van der Waals surface area contributed by atoms with E-state index < -0.39 is 4.92 Å².